The number of nitriles is 1. The summed E-state index contributed by atoms with van der Waals surface area (Å²) in [5.41, 5.74) is 3.46. The third-order valence-corrected chi connectivity index (χ3v) is 4.07. The summed E-state index contributed by atoms with van der Waals surface area (Å²) in [6.07, 6.45) is -0.692. The van der Waals surface area contributed by atoms with E-state index in [1.54, 1.807) is 0 Å². The molecule has 8 heteroatoms. The van der Waals surface area contributed by atoms with Gasteiger partial charge in [-0.2, -0.15) is 18.4 Å². The fourth-order valence-electron chi connectivity index (χ4n) is 1.98. The van der Waals surface area contributed by atoms with Gasteiger partial charge in [0.2, 0.25) is 0 Å². The molecule has 1 aliphatic rings. The molecule has 0 unspecified atom stereocenters. The van der Waals surface area contributed by atoms with Gasteiger partial charge in [-0.25, -0.2) is 9.97 Å². The zero-order chi connectivity index (χ0) is 14.0. The summed E-state index contributed by atoms with van der Waals surface area (Å²) in [7, 11) is 0. The highest BCUT2D eigenvalue weighted by Crippen LogP contribution is 2.37. The van der Waals surface area contributed by atoms with Gasteiger partial charge in [0.05, 0.1) is 0 Å². The van der Waals surface area contributed by atoms with Crippen LogP contribution < -0.4 is 5.73 Å². The maximum Gasteiger partial charge on any atom is 0.434 e. The highest BCUT2D eigenvalue weighted by Gasteiger charge is 2.38. The van der Waals surface area contributed by atoms with E-state index in [0.717, 1.165) is 25.7 Å². The van der Waals surface area contributed by atoms with Crippen LogP contribution in [0.3, 0.4) is 0 Å². The first kappa shape index (κ1) is 13.9. The van der Waals surface area contributed by atoms with E-state index in [0.29, 0.717) is 0 Å². The van der Waals surface area contributed by atoms with Crippen LogP contribution in [-0.2, 0) is 6.18 Å². The van der Waals surface area contributed by atoms with Crippen molar-refractivity contribution in [1.29, 1.82) is 5.26 Å². The van der Waals surface area contributed by atoms with Crippen LogP contribution in [0, 0.1) is 11.3 Å². The van der Waals surface area contributed by atoms with Crippen molar-refractivity contribution in [3.05, 3.63) is 11.3 Å². The van der Waals surface area contributed by atoms with Crippen LogP contribution in [0.4, 0.5) is 19.0 Å². The Bertz CT molecular complexity index is 518. The monoisotopic (exact) mass is 288 g/mol. The molecular weight excluding hydrogens is 277 g/mol. The Morgan fingerprint density at radius 2 is 1.89 bits per heavy atom. The predicted molar refractivity (Wildman–Crippen MR) is 64.3 cm³/mol. The molecule has 0 spiro atoms. The first-order chi connectivity index (χ1) is 8.91. The van der Waals surface area contributed by atoms with Crippen molar-refractivity contribution < 1.29 is 13.2 Å². The van der Waals surface area contributed by atoms with E-state index in [1.165, 1.54) is 17.8 Å². The van der Waals surface area contributed by atoms with Crippen LogP contribution in [0.15, 0.2) is 5.16 Å². The first-order valence-corrected chi connectivity index (χ1v) is 6.61. The number of hydrogen-bond acceptors (Lipinski definition) is 5. The van der Waals surface area contributed by atoms with Crippen molar-refractivity contribution in [2.75, 3.05) is 5.73 Å². The second kappa shape index (κ2) is 5.25. The van der Waals surface area contributed by atoms with Crippen LogP contribution in [0.2, 0.25) is 0 Å². The van der Waals surface area contributed by atoms with Gasteiger partial charge in [0.15, 0.2) is 10.9 Å². The average Bonchev–Trinajstić information content (AvgIpc) is 2.80. The summed E-state index contributed by atoms with van der Waals surface area (Å²) in [6.45, 7) is 0. The number of rotatable bonds is 2. The van der Waals surface area contributed by atoms with Crippen molar-refractivity contribution in [1.82, 2.24) is 9.97 Å². The summed E-state index contributed by atoms with van der Waals surface area (Å²) < 4.78 is 38.4. The summed E-state index contributed by atoms with van der Waals surface area (Å²) in [5.74, 6) is -0.412. The van der Waals surface area contributed by atoms with Gasteiger partial charge in [-0.05, 0) is 12.8 Å². The van der Waals surface area contributed by atoms with Crippen LogP contribution in [0.25, 0.3) is 0 Å². The fraction of sp³-hybridized carbons (Fsp3) is 0.545. The molecular formula is C11H11F3N4S. The largest absolute Gasteiger partial charge is 0.434 e. The predicted octanol–water partition coefficient (Wildman–Crippen LogP) is 2.98. The van der Waals surface area contributed by atoms with Crippen molar-refractivity contribution in [2.45, 2.75) is 42.3 Å². The van der Waals surface area contributed by atoms with Crippen LogP contribution in [0.5, 0.6) is 0 Å². The smallest absolute Gasteiger partial charge is 0.382 e. The average molecular weight is 288 g/mol. The molecule has 19 heavy (non-hydrogen) atoms. The van der Waals surface area contributed by atoms with Crippen molar-refractivity contribution in [2.24, 2.45) is 0 Å². The molecule has 4 nitrogen and oxygen atoms in total. The highest BCUT2D eigenvalue weighted by molar-refractivity contribution is 7.99. The molecule has 1 fully saturated rings. The standard InChI is InChI=1S/C11H11F3N4S/c12-11(13,14)8-7(5-15)9(16)18-10(17-8)19-6-3-1-2-4-6/h6H,1-4H2,(H2,16,17,18). The summed E-state index contributed by atoms with van der Waals surface area (Å²) >= 11 is 1.20. The molecule has 1 aliphatic carbocycles. The molecule has 1 saturated carbocycles. The zero-order valence-electron chi connectivity index (χ0n) is 9.87. The van der Waals surface area contributed by atoms with Gasteiger partial charge in [0, 0.05) is 5.25 Å². The zero-order valence-corrected chi connectivity index (χ0v) is 10.7. The Balaban J connectivity index is 2.36. The highest BCUT2D eigenvalue weighted by atomic mass is 32.2. The van der Waals surface area contributed by atoms with E-state index in [1.807, 2.05) is 0 Å². The van der Waals surface area contributed by atoms with Gasteiger partial charge >= 0.3 is 6.18 Å². The normalized spacial score (nSPS) is 16.5. The third-order valence-electron chi connectivity index (χ3n) is 2.87. The molecule has 0 aromatic carbocycles. The number of nitrogen functional groups attached to an aromatic ring is 1. The van der Waals surface area contributed by atoms with Crippen LogP contribution in [0.1, 0.15) is 36.9 Å². The second-order valence-electron chi connectivity index (χ2n) is 4.25. The number of hydrogen-bond donors (Lipinski definition) is 1. The Morgan fingerprint density at radius 1 is 1.26 bits per heavy atom. The fourth-order valence-corrected chi connectivity index (χ4v) is 3.14. The van der Waals surface area contributed by atoms with Gasteiger partial charge in [0.25, 0.3) is 0 Å². The number of nitrogens with zero attached hydrogens (tertiary/aromatic N) is 3. The van der Waals surface area contributed by atoms with Gasteiger partial charge in [0.1, 0.15) is 17.5 Å². The topological polar surface area (TPSA) is 75.6 Å². The van der Waals surface area contributed by atoms with Crippen molar-refractivity contribution in [3.63, 3.8) is 0 Å². The SMILES string of the molecule is N#Cc1c(N)nc(SC2CCCC2)nc1C(F)(F)F. The number of halogens is 3. The molecule has 0 aliphatic heterocycles. The molecule has 0 amide bonds. The minimum atomic E-state index is -4.70. The van der Waals surface area contributed by atoms with Crippen LogP contribution in [-0.4, -0.2) is 15.2 Å². The molecule has 1 heterocycles. The Hall–Kier alpha value is -1.49. The quantitative estimate of drug-likeness (QED) is 0.847. The molecule has 0 radical (unpaired) electrons. The maximum atomic E-state index is 12.8. The third kappa shape index (κ3) is 3.10. The second-order valence-corrected chi connectivity index (χ2v) is 5.52. The summed E-state index contributed by atoms with van der Waals surface area (Å²) in [5, 5.41) is 8.95. The lowest BCUT2D eigenvalue weighted by Gasteiger charge is -2.12. The van der Waals surface area contributed by atoms with Gasteiger partial charge in [-0.1, -0.05) is 24.6 Å². The number of nitrogens with two attached hydrogens (primary N) is 1. The number of thioether (sulfide) groups is 1. The first-order valence-electron chi connectivity index (χ1n) is 5.73. The van der Waals surface area contributed by atoms with E-state index >= 15 is 0 Å². The lowest BCUT2D eigenvalue weighted by Crippen LogP contribution is -2.15. The molecule has 102 valence electrons. The summed E-state index contributed by atoms with van der Waals surface area (Å²) in [4.78, 5) is 7.25. The van der Waals surface area contributed by atoms with E-state index in [4.69, 9.17) is 11.0 Å². The van der Waals surface area contributed by atoms with Crippen molar-refractivity contribution in [3.8, 4) is 6.07 Å². The van der Waals surface area contributed by atoms with Gasteiger partial charge < -0.3 is 5.73 Å². The Morgan fingerprint density at radius 3 is 2.42 bits per heavy atom. The molecule has 0 saturated heterocycles. The molecule has 1 aromatic rings. The molecule has 0 atom stereocenters. The summed E-state index contributed by atoms with van der Waals surface area (Å²) in [6, 6.07) is 1.41. The van der Waals surface area contributed by atoms with Gasteiger partial charge in [-0.3, -0.25) is 0 Å². The molecule has 2 rings (SSSR count). The minimum Gasteiger partial charge on any atom is -0.382 e. The maximum absolute atomic E-state index is 12.8. The van der Waals surface area contributed by atoms with Gasteiger partial charge in [-0.15, -0.1) is 0 Å². The van der Waals surface area contributed by atoms with Crippen LogP contribution >= 0.6 is 11.8 Å². The lowest BCUT2D eigenvalue weighted by molar-refractivity contribution is -0.141. The Kier molecular flexibility index (Phi) is 3.85. The Labute approximate surface area is 112 Å². The molecule has 2 N–H and O–H groups in total. The van der Waals surface area contributed by atoms with Crippen molar-refractivity contribution >= 4 is 17.6 Å². The van der Waals surface area contributed by atoms with E-state index in [2.05, 4.69) is 9.97 Å². The molecule has 0 bridgehead atoms. The number of aromatic nitrogens is 2. The number of alkyl halides is 3. The minimum absolute atomic E-state index is 0.00396. The van der Waals surface area contributed by atoms with E-state index in [-0.39, 0.29) is 10.4 Å². The van der Waals surface area contributed by atoms with E-state index < -0.39 is 23.3 Å². The molecule has 1 aromatic heterocycles. The number of anilines is 1. The van der Waals surface area contributed by atoms with E-state index in [9.17, 15) is 13.2 Å². The lowest BCUT2D eigenvalue weighted by atomic mass is 10.2.